The quantitative estimate of drug-likeness (QED) is 0.455. The number of aliphatic imine (C=N–C) groups is 1. The summed E-state index contributed by atoms with van der Waals surface area (Å²) in [5, 5.41) is 3.44. The van der Waals surface area contributed by atoms with Crippen LogP contribution in [0.3, 0.4) is 0 Å². The predicted molar refractivity (Wildman–Crippen MR) is 108 cm³/mol. The molecule has 1 aromatic rings. The Kier molecular flexibility index (Phi) is 7.62. The van der Waals surface area contributed by atoms with E-state index in [0.717, 1.165) is 51.8 Å². The molecule has 128 valence electrons. The third kappa shape index (κ3) is 5.08. The van der Waals surface area contributed by atoms with Gasteiger partial charge in [0.25, 0.3) is 0 Å². The number of benzene rings is 1. The zero-order chi connectivity index (χ0) is 15.2. The molecule has 0 atom stereocenters. The van der Waals surface area contributed by atoms with Crippen molar-refractivity contribution in [1.29, 1.82) is 0 Å². The van der Waals surface area contributed by atoms with Crippen LogP contribution in [0.4, 0.5) is 0 Å². The molecule has 0 spiro atoms. The van der Waals surface area contributed by atoms with Crippen LogP contribution < -0.4 is 5.32 Å². The maximum Gasteiger partial charge on any atom is 0.193 e. The average molecular weight is 428 g/mol. The number of hydrogen-bond acceptors (Lipinski definition) is 2. The minimum Gasteiger partial charge on any atom is -0.357 e. The summed E-state index contributed by atoms with van der Waals surface area (Å²) >= 11 is 0. The summed E-state index contributed by atoms with van der Waals surface area (Å²) in [5.41, 5.74) is 3.01. The molecule has 0 radical (unpaired) electrons. The van der Waals surface area contributed by atoms with Crippen LogP contribution in [0.15, 0.2) is 29.3 Å². The maximum atomic E-state index is 4.84. The number of guanidine groups is 1. The molecule has 3 rings (SSSR count). The van der Waals surface area contributed by atoms with E-state index in [9.17, 15) is 0 Å². The van der Waals surface area contributed by atoms with Crippen molar-refractivity contribution in [3.05, 3.63) is 35.4 Å². The van der Waals surface area contributed by atoms with Gasteiger partial charge in [0, 0.05) is 39.3 Å². The van der Waals surface area contributed by atoms with Gasteiger partial charge in [-0.05, 0) is 37.3 Å². The van der Waals surface area contributed by atoms with Crippen LogP contribution in [0.1, 0.15) is 30.9 Å². The maximum absolute atomic E-state index is 4.84. The van der Waals surface area contributed by atoms with E-state index in [2.05, 4.69) is 46.3 Å². The van der Waals surface area contributed by atoms with Gasteiger partial charge in [0.1, 0.15) is 0 Å². The third-order valence-electron chi connectivity index (χ3n) is 4.63. The van der Waals surface area contributed by atoms with Crippen LogP contribution in [-0.4, -0.2) is 55.0 Å². The highest BCUT2D eigenvalue weighted by Crippen LogP contribution is 2.18. The summed E-state index contributed by atoms with van der Waals surface area (Å²) in [5.74, 6) is 1.11. The Bertz CT molecular complexity index is 511. The average Bonchev–Trinajstić information content (AvgIpc) is 3.08. The highest BCUT2D eigenvalue weighted by molar-refractivity contribution is 14.0. The lowest BCUT2D eigenvalue weighted by atomic mass is 10.00. The van der Waals surface area contributed by atoms with Gasteiger partial charge in [0.2, 0.25) is 0 Å². The molecule has 1 saturated heterocycles. The van der Waals surface area contributed by atoms with Crippen molar-refractivity contribution in [3.8, 4) is 0 Å². The normalized spacial score (nSPS) is 18.5. The van der Waals surface area contributed by atoms with Gasteiger partial charge in [-0.15, -0.1) is 24.0 Å². The van der Waals surface area contributed by atoms with E-state index in [0.29, 0.717) is 0 Å². The molecule has 0 aliphatic carbocycles. The van der Waals surface area contributed by atoms with Gasteiger partial charge in [0.15, 0.2) is 5.96 Å². The fourth-order valence-electron chi connectivity index (χ4n) is 3.40. The number of likely N-dealkylation sites (tertiary alicyclic amines) is 1. The first-order valence-electron chi connectivity index (χ1n) is 8.69. The summed E-state index contributed by atoms with van der Waals surface area (Å²) in [4.78, 5) is 9.76. The molecule has 5 heteroatoms. The van der Waals surface area contributed by atoms with Gasteiger partial charge in [-0.1, -0.05) is 24.3 Å². The number of nitrogens with one attached hydrogen (secondary N) is 1. The fraction of sp³-hybridized carbons (Fsp3) is 0.611. The Morgan fingerprint density at radius 3 is 2.61 bits per heavy atom. The van der Waals surface area contributed by atoms with Crippen molar-refractivity contribution in [1.82, 2.24) is 15.1 Å². The second-order valence-corrected chi connectivity index (χ2v) is 6.22. The molecule has 0 amide bonds. The van der Waals surface area contributed by atoms with E-state index in [4.69, 9.17) is 4.99 Å². The molecule has 4 nitrogen and oxygen atoms in total. The van der Waals surface area contributed by atoms with Crippen LogP contribution in [0, 0.1) is 0 Å². The van der Waals surface area contributed by atoms with Crippen molar-refractivity contribution in [2.45, 2.75) is 32.7 Å². The lowest BCUT2D eigenvalue weighted by Crippen LogP contribution is -2.40. The first-order chi connectivity index (χ1) is 10.9. The monoisotopic (exact) mass is 428 g/mol. The Morgan fingerprint density at radius 1 is 1.13 bits per heavy atom. The lowest BCUT2D eigenvalue weighted by Gasteiger charge is -2.28. The highest BCUT2D eigenvalue weighted by Gasteiger charge is 2.17. The summed E-state index contributed by atoms with van der Waals surface area (Å²) in [7, 11) is 0. The van der Waals surface area contributed by atoms with E-state index in [1.54, 1.807) is 0 Å². The second kappa shape index (κ2) is 9.47. The van der Waals surface area contributed by atoms with E-state index in [1.165, 1.54) is 30.4 Å². The van der Waals surface area contributed by atoms with Gasteiger partial charge >= 0.3 is 0 Å². The first kappa shape index (κ1) is 18.5. The van der Waals surface area contributed by atoms with Gasteiger partial charge in [-0.2, -0.15) is 0 Å². The molecule has 1 aromatic carbocycles. The number of rotatable bonds is 4. The van der Waals surface area contributed by atoms with Crippen molar-refractivity contribution in [2.75, 3.05) is 39.3 Å². The van der Waals surface area contributed by atoms with Crippen LogP contribution >= 0.6 is 24.0 Å². The second-order valence-electron chi connectivity index (χ2n) is 6.22. The zero-order valence-corrected chi connectivity index (χ0v) is 16.5. The van der Waals surface area contributed by atoms with Gasteiger partial charge < -0.3 is 10.2 Å². The zero-order valence-electron chi connectivity index (χ0n) is 14.1. The number of nitrogens with zero attached hydrogens (tertiary/aromatic N) is 3. The van der Waals surface area contributed by atoms with Gasteiger partial charge in [0.05, 0.1) is 6.54 Å². The van der Waals surface area contributed by atoms with E-state index < -0.39 is 0 Å². The molecule has 0 unspecified atom stereocenters. The minimum atomic E-state index is 0. The standard InChI is InChI=1S/C18H28N4.HI/c1-2-19-18(22-11-5-6-12-22)20-10-14-21-13-9-16-7-3-4-8-17(16)15-21;/h3-4,7-8H,2,5-6,9-15H2,1H3,(H,19,20);1H. The molecular weight excluding hydrogens is 399 g/mol. The molecule has 0 bridgehead atoms. The van der Waals surface area contributed by atoms with E-state index in [1.807, 2.05) is 0 Å². The van der Waals surface area contributed by atoms with E-state index in [-0.39, 0.29) is 24.0 Å². The van der Waals surface area contributed by atoms with Gasteiger partial charge in [-0.25, -0.2) is 0 Å². The Labute approximate surface area is 157 Å². The van der Waals surface area contributed by atoms with Crippen molar-refractivity contribution in [2.24, 2.45) is 4.99 Å². The molecule has 23 heavy (non-hydrogen) atoms. The van der Waals surface area contributed by atoms with Crippen LogP contribution in [0.2, 0.25) is 0 Å². The summed E-state index contributed by atoms with van der Waals surface area (Å²) in [6.45, 7) is 9.59. The Hall–Kier alpha value is -0.820. The first-order valence-corrected chi connectivity index (χ1v) is 8.69. The summed E-state index contributed by atoms with van der Waals surface area (Å²) in [6.07, 6.45) is 3.77. The third-order valence-corrected chi connectivity index (χ3v) is 4.63. The molecule has 1 N–H and O–H groups in total. The molecule has 1 fully saturated rings. The summed E-state index contributed by atoms with van der Waals surface area (Å²) in [6, 6.07) is 8.83. The van der Waals surface area contributed by atoms with Crippen molar-refractivity contribution < 1.29 is 0 Å². The number of halogens is 1. The minimum absolute atomic E-state index is 0. The molecule has 2 aliphatic heterocycles. The van der Waals surface area contributed by atoms with Crippen molar-refractivity contribution >= 4 is 29.9 Å². The van der Waals surface area contributed by atoms with Crippen LogP contribution in [0.5, 0.6) is 0 Å². The van der Waals surface area contributed by atoms with Gasteiger partial charge in [-0.3, -0.25) is 9.89 Å². The molecule has 2 heterocycles. The highest BCUT2D eigenvalue weighted by atomic mass is 127. The molecule has 2 aliphatic rings. The van der Waals surface area contributed by atoms with Crippen LogP contribution in [-0.2, 0) is 13.0 Å². The number of hydrogen-bond donors (Lipinski definition) is 1. The Morgan fingerprint density at radius 2 is 1.87 bits per heavy atom. The topological polar surface area (TPSA) is 30.9 Å². The van der Waals surface area contributed by atoms with E-state index >= 15 is 0 Å². The SMILES string of the molecule is CCNC(=NCCN1CCc2ccccc2C1)N1CCCC1.I. The molecular formula is C18H29IN4. The van der Waals surface area contributed by atoms with Crippen molar-refractivity contribution in [3.63, 3.8) is 0 Å². The molecule has 0 saturated carbocycles. The number of fused-ring (bicyclic) bond motifs is 1. The van der Waals surface area contributed by atoms with Crippen LogP contribution in [0.25, 0.3) is 0 Å². The Balaban J connectivity index is 0.00000192. The molecule has 0 aromatic heterocycles. The smallest absolute Gasteiger partial charge is 0.193 e. The largest absolute Gasteiger partial charge is 0.357 e. The summed E-state index contributed by atoms with van der Waals surface area (Å²) < 4.78 is 0. The lowest BCUT2D eigenvalue weighted by molar-refractivity contribution is 0.261. The predicted octanol–water partition coefficient (Wildman–Crippen LogP) is 2.72. The fourth-order valence-corrected chi connectivity index (χ4v) is 3.40.